The molecule has 1 aliphatic heterocycles. The lowest BCUT2D eigenvalue weighted by molar-refractivity contribution is 0.198. The van der Waals surface area contributed by atoms with Crippen molar-refractivity contribution >= 4 is 11.5 Å². The molecule has 3 nitrogen and oxygen atoms in total. The van der Waals surface area contributed by atoms with Crippen molar-refractivity contribution < 1.29 is 0 Å². The zero-order valence-electron chi connectivity index (χ0n) is 12.0. The average Bonchev–Trinajstić information content (AvgIpc) is 2.32. The number of anilines is 2. The largest absolute Gasteiger partial charge is 0.397 e. The maximum atomic E-state index is 5.82. The van der Waals surface area contributed by atoms with Crippen LogP contribution in [-0.4, -0.2) is 18.1 Å². The Bertz CT molecular complexity index is 412. The highest BCUT2D eigenvalue weighted by atomic mass is 15.2. The van der Waals surface area contributed by atoms with Gasteiger partial charge < -0.3 is 10.6 Å². The van der Waals surface area contributed by atoms with Gasteiger partial charge in [-0.25, -0.2) is 4.98 Å². The summed E-state index contributed by atoms with van der Waals surface area (Å²) in [7, 11) is 0. The molecule has 0 spiro atoms. The van der Waals surface area contributed by atoms with E-state index in [4.69, 9.17) is 5.73 Å². The fraction of sp³-hybridized carbons (Fsp3) is 0.667. The summed E-state index contributed by atoms with van der Waals surface area (Å²) in [6, 6.07) is 4.01. The Hall–Kier alpha value is -1.25. The minimum absolute atomic E-state index is 0.427. The summed E-state index contributed by atoms with van der Waals surface area (Å²) in [4.78, 5) is 6.97. The Kier molecular flexibility index (Phi) is 3.51. The van der Waals surface area contributed by atoms with Gasteiger partial charge in [0.2, 0.25) is 0 Å². The molecule has 100 valence electrons. The standard InChI is InChI=1S/C15H25N3/c1-11-13(16)5-6-14(17-11)18-9-7-12(8-10-18)15(2,3)4/h5-6,12H,7-10,16H2,1-4H3. The van der Waals surface area contributed by atoms with Gasteiger partial charge in [0.25, 0.3) is 0 Å². The number of nitrogens with zero attached hydrogens (tertiary/aromatic N) is 2. The van der Waals surface area contributed by atoms with Gasteiger partial charge in [-0.1, -0.05) is 20.8 Å². The highest BCUT2D eigenvalue weighted by Gasteiger charge is 2.29. The van der Waals surface area contributed by atoms with Crippen molar-refractivity contribution in [2.24, 2.45) is 11.3 Å². The van der Waals surface area contributed by atoms with E-state index >= 15 is 0 Å². The van der Waals surface area contributed by atoms with E-state index in [1.165, 1.54) is 12.8 Å². The molecule has 1 aliphatic rings. The lowest BCUT2D eigenvalue weighted by Crippen LogP contribution is -2.38. The average molecular weight is 247 g/mol. The maximum absolute atomic E-state index is 5.82. The maximum Gasteiger partial charge on any atom is 0.128 e. The number of aryl methyl sites for hydroxylation is 1. The summed E-state index contributed by atoms with van der Waals surface area (Å²) < 4.78 is 0. The van der Waals surface area contributed by atoms with Crippen LogP contribution in [-0.2, 0) is 0 Å². The van der Waals surface area contributed by atoms with E-state index < -0.39 is 0 Å². The van der Waals surface area contributed by atoms with Gasteiger partial charge in [-0.3, -0.25) is 0 Å². The van der Waals surface area contributed by atoms with E-state index in [1.54, 1.807) is 0 Å². The van der Waals surface area contributed by atoms with Gasteiger partial charge >= 0.3 is 0 Å². The van der Waals surface area contributed by atoms with Crippen LogP contribution in [0.1, 0.15) is 39.3 Å². The quantitative estimate of drug-likeness (QED) is 0.828. The summed E-state index contributed by atoms with van der Waals surface area (Å²) in [5, 5.41) is 0. The first-order chi connectivity index (χ1) is 8.38. The number of nitrogens with two attached hydrogens (primary N) is 1. The van der Waals surface area contributed by atoms with Crippen LogP contribution in [0.5, 0.6) is 0 Å². The third-order valence-electron chi connectivity index (χ3n) is 4.16. The topological polar surface area (TPSA) is 42.2 Å². The van der Waals surface area contributed by atoms with Crippen molar-refractivity contribution in [2.45, 2.75) is 40.5 Å². The van der Waals surface area contributed by atoms with Crippen LogP contribution in [0.2, 0.25) is 0 Å². The minimum atomic E-state index is 0.427. The van der Waals surface area contributed by atoms with Gasteiger partial charge in [0, 0.05) is 13.1 Å². The molecule has 0 atom stereocenters. The first-order valence-electron chi connectivity index (χ1n) is 6.86. The molecule has 3 heteroatoms. The number of hydrogen-bond donors (Lipinski definition) is 1. The lowest BCUT2D eigenvalue weighted by atomic mass is 9.75. The number of pyridine rings is 1. The fourth-order valence-corrected chi connectivity index (χ4v) is 2.71. The molecule has 0 aliphatic carbocycles. The Morgan fingerprint density at radius 3 is 2.33 bits per heavy atom. The smallest absolute Gasteiger partial charge is 0.128 e. The molecule has 0 amide bonds. The van der Waals surface area contributed by atoms with Gasteiger partial charge in [-0.2, -0.15) is 0 Å². The Labute approximate surface area is 110 Å². The van der Waals surface area contributed by atoms with E-state index in [2.05, 4.69) is 30.7 Å². The summed E-state index contributed by atoms with van der Waals surface area (Å²) >= 11 is 0. The molecule has 0 radical (unpaired) electrons. The highest BCUT2D eigenvalue weighted by molar-refractivity contribution is 5.50. The zero-order valence-corrected chi connectivity index (χ0v) is 12.0. The third-order valence-corrected chi connectivity index (χ3v) is 4.16. The summed E-state index contributed by atoms with van der Waals surface area (Å²) in [6.45, 7) is 11.2. The Morgan fingerprint density at radius 2 is 1.83 bits per heavy atom. The summed E-state index contributed by atoms with van der Waals surface area (Å²) in [5.74, 6) is 1.90. The van der Waals surface area contributed by atoms with E-state index in [0.29, 0.717) is 5.41 Å². The number of aromatic nitrogens is 1. The molecule has 1 fully saturated rings. The van der Waals surface area contributed by atoms with Gasteiger partial charge in [0.15, 0.2) is 0 Å². The highest BCUT2D eigenvalue weighted by Crippen LogP contribution is 2.35. The Balaban J connectivity index is 2.03. The van der Waals surface area contributed by atoms with Crippen LogP contribution in [0.15, 0.2) is 12.1 Å². The van der Waals surface area contributed by atoms with Crippen molar-refractivity contribution in [3.63, 3.8) is 0 Å². The third kappa shape index (κ3) is 2.77. The fourth-order valence-electron chi connectivity index (χ4n) is 2.71. The first-order valence-corrected chi connectivity index (χ1v) is 6.86. The van der Waals surface area contributed by atoms with Crippen LogP contribution in [0.4, 0.5) is 11.5 Å². The second-order valence-corrected chi connectivity index (χ2v) is 6.47. The van der Waals surface area contributed by atoms with Gasteiger partial charge in [-0.15, -0.1) is 0 Å². The van der Waals surface area contributed by atoms with Crippen LogP contribution >= 0.6 is 0 Å². The molecule has 18 heavy (non-hydrogen) atoms. The van der Waals surface area contributed by atoms with E-state index in [9.17, 15) is 0 Å². The molecule has 1 aromatic rings. The molecule has 2 heterocycles. The molecule has 2 rings (SSSR count). The van der Waals surface area contributed by atoms with Crippen molar-refractivity contribution in [1.29, 1.82) is 0 Å². The van der Waals surface area contributed by atoms with Crippen molar-refractivity contribution in [3.05, 3.63) is 17.8 Å². The SMILES string of the molecule is Cc1nc(N2CCC(C(C)(C)C)CC2)ccc1N. The molecule has 0 aromatic carbocycles. The van der Waals surface area contributed by atoms with Gasteiger partial charge in [0.1, 0.15) is 5.82 Å². The summed E-state index contributed by atoms with van der Waals surface area (Å²) in [6.07, 6.45) is 2.52. The van der Waals surface area contributed by atoms with Crippen LogP contribution in [0.3, 0.4) is 0 Å². The molecule has 0 unspecified atom stereocenters. The normalized spacial score (nSPS) is 18.1. The summed E-state index contributed by atoms with van der Waals surface area (Å²) in [5.41, 5.74) is 7.96. The number of hydrogen-bond acceptors (Lipinski definition) is 3. The molecular weight excluding hydrogens is 222 g/mol. The van der Waals surface area contributed by atoms with E-state index in [-0.39, 0.29) is 0 Å². The molecule has 1 saturated heterocycles. The minimum Gasteiger partial charge on any atom is -0.397 e. The van der Waals surface area contributed by atoms with Crippen molar-refractivity contribution in [1.82, 2.24) is 4.98 Å². The number of nitrogen functional groups attached to an aromatic ring is 1. The number of piperidine rings is 1. The molecule has 0 saturated carbocycles. The van der Waals surface area contributed by atoms with Crippen LogP contribution in [0.25, 0.3) is 0 Å². The zero-order chi connectivity index (χ0) is 13.3. The second kappa shape index (κ2) is 4.79. The molecule has 2 N–H and O–H groups in total. The van der Waals surface area contributed by atoms with E-state index in [1.807, 2.05) is 19.1 Å². The van der Waals surface area contributed by atoms with Crippen LogP contribution < -0.4 is 10.6 Å². The molecular formula is C15H25N3. The second-order valence-electron chi connectivity index (χ2n) is 6.47. The van der Waals surface area contributed by atoms with Crippen molar-refractivity contribution in [2.75, 3.05) is 23.7 Å². The van der Waals surface area contributed by atoms with Crippen LogP contribution in [0, 0.1) is 18.3 Å². The first kappa shape index (κ1) is 13.2. The molecule has 1 aromatic heterocycles. The lowest BCUT2D eigenvalue weighted by Gasteiger charge is -2.39. The van der Waals surface area contributed by atoms with Crippen molar-refractivity contribution in [3.8, 4) is 0 Å². The van der Waals surface area contributed by atoms with E-state index in [0.717, 1.165) is 36.2 Å². The predicted molar refractivity (Wildman–Crippen MR) is 77.8 cm³/mol. The molecule has 0 bridgehead atoms. The van der Waals surface area contributed by atoms with Gasteiger partial charge in [0.05, 0.1) is 11.4 Å². The monoisotopic (exact) mass is 247 g/mol. The van der Waals surface area contributed by atoms with Gasteiger partial charge in [-0.05, 0) is 43.2 Å². The number of rotatable bonds is 1. The Morgan fingerprint density at radius 1 is 1.22 bits per heavy atom. The predicted octanol–water partition coefficient (Wildman–Crippen LogP) is 3.23.